The molecular weight excluding hydrogens is 372 g/mol. The number of aromatic nitrogens is 3. The Balaban J connectivity index is 1.46. The Morgan fingerprint density at radius 3 is 2.64 bits per heavy atom. The van der Waals surface area contributed by atoms with E-state index >= 15 is 0 Å². The Bertz CT molecular complexity index is 1110. The number of sulfone groups is 1. The van der Waals surface area contributed by atoms with Crippen LogP contribution in [0.3, 0.4) is 0 Å². The zero-order chi connectivity index (χ0) is 19.3. The highest BCUT2D eigenvalue weighted by Gasteiger charge is 2.41. The number of nitrogens with zero attached hydrogens (tertiary/aromatic N) is 4. The van der Waals surface area contributed by atoms with Crippen molar-refractivity contribution in [3.63, 3.8) is 0 Å². The summed E-state index contributed by atoms with van der Waals surface area (Å²) < 4.78 is 25.4. The molecule has 1 fully saturated rings. The normalized spacial score (nSPS) is 21.6. The number of hydrogen-bond acceptors (Lipinski definition) is 5. The molecule has 2 aliphatic heterocycles. The van der Waals surface area contributed by atoms with E-state index in [4.69, 9.17) is 0 Å². The second-order valence-corrected chi connectivity index (χ2v) is 9.72. The van der Waals surface area contributed by atoms with Crippen molar-refractivity contribution in [3.8, 4) is 5.69 Å². The fourth-order valence-corrected chi connectivity index (χ4v) is 5.21. The molecule has 6 nitrogen and oxygen atoms in total. The fraction of sp³-hybridized carbons (Fsp3) is 0.333. The monoisotopic (exact) mass is 394 g/mol. The van der Waals surface area contributed by atoms with Gasteiger partial charge in [0.05, 0.1) is 22.5 Å². The summed E-state index contributed by atoms with van der Waals surface area (Å²) in [4.78, 5) is 7.16. The van der Waals surface area contributed by atoms with Crippen molar-refractivity contribution in [3.05, 3.63) is 71.8 Å². The predicted octanol–water partition coefficient (Wildman–Crippen LogP) is 2.93. The van der Waals surface area contributed by atoms with E-state index in [1.54, 1.807) is 12.1 Å². The van der Waals surface area contributed by atoms with Crippen molar-refractivity contribution in [2.75, 3.05) is 6.26 Å². The Labute approximate surface area is 164 Å². The van der Waals surface area contributed by atoms with Crippen LogP contribution in [0.2, 0.25) is 0 Å². The molecular formula is C21H22N4O2S. The molecule has 0 spiro atoms. The lowest BCUT2D eigenvalue weighted by Crippen LogP contribution is -2.37. The minimum Gasteiger partial charge on any atom is -0.289 e. The predicted molar refractivity (Wildman–Crippen MR) is 106 cm³/mol. The number of hydrogen-bond donors (Lipinski definition) is 0. The van der Waals surface area contributed by atoms with Crippen LogP contribution in [-0.4, -0.2) is 40.4 Å². The van der Waals surface area contributed by atoms with Crippen LogP contribution in [0.15, 0.2) is 59.9 Å². The summed E-state index contributed by atoms with van der Waals surface area (Å²) in [7, 11) is -3.19. The third-order valence-electron chi connectivity index (χ3n) is 5.93. The Morgan fingerprint density at radius 1 is 1.11 bits per heavy atom. The summed E-state index contributed by atoms with van der Waals surface area (Å²) in [6.45, 7) is 0.914. The van der Waals surface area contributed by atoms with Crippen LogP contribution in [0, 0.1) is 0 Å². The standard InChI is InChI=1S/C21H22N4O2S/c1-28(26,27)18-7-4-16(5-8-18)25-21-11-17-6-9-20(19(21)13-23-25)24(17)14-15-3-2-10-22-12-15/h2-5,7-8,10,12-13,17,20H,6,9,11,14H2,1H3/t17-,20+/m0/s1. The third-order valence-corrected chi connectivity index (χ3v) is 7.06. The van der Waals surface area contributed by atoms with E-state index in [0.29, 0.717) is 17.0 Å². The van der Waals surface area contributed by atoms with Crippen molar-refractivity contribution < 1.29 is 8.42 Å². The van der Waals surface area contributed by atoms with Crippen LogP contribution in [0.5, 0.6) is 0 Å². The van der Waals surface area contributed by atoms with E-state index in [2.05, 4.69) is 21.0 Å². The minimum absolute atomic E-state index is 0.333. The maximum atomic E-state index is 11.7. The van der Waals surface area contributed by atoms with Gasteiger partial charge in [0.15, 0.2) is 9.84 Å². The molecule has 2 atom stereocenters. The van der Waals surface area contributed by atoms with E-state index in [0.717, 1.165) is 25.1 Å². The van der Waals surface area contributed by atoms with Gasteiger partial charge in [0, 0.05) is 49.3 Å². The first-order valence-corrected chi connectivity index (χ1v) is 11.4. The zero-order valence-electron chi connectivity index (χ0n) is 15.7. The van der Waals surface area contributed by atoms with Crippen molar-refractivity contribution in [2.45, 2.75) is 42.8 Å². The lowest BCUT2D eigenvalue weighted by Gasteiger charge is -2.35. The molecule has 0 radical (unpaired) electrons. The SMILES string of the molecule is CS(=O)(=O)c1ccc(-n2ncc3c2C[C@@H]2CC[C@H]3N2Cc2cccnc2)cc1. The van der Waals surface area contributed by atoms with Crippen molar-refractivity contribution >= 4 is 9.84 Å². The molecule has 2 aromatic heterocycles. The molecule has 0 amide bonds. The summed E-state index contributed by atoms with van der Waals surface area (Å²) in [5, 5.41) is 4.65. The van der Waals surface area contributed by atoms with E-state index in [9.17, 15) is 8.42 Å². The number of rotatable bonds is 4. The average molecular weight is 395 g/mol. The van der Waals surface area contributed by atoms with Gasteiger partial charge in [0.1, 0.15) is 0 Å². The number of pyridine rings is 1. The van der Waals surface area contributed by atoms with Crippen LogP contribution in [-0.2, 0) is 22.8 Å². The first-order chi connectivity index (χ1) is 13.5. The molecule has 1 saturated heterocycles. The van der Waals surface area contributed by atoms with Crippen molar-refractivity contribution in [2.24, 2.45) is 0 Å². The molecule has 5 rings (SSSR count). The maximum absolute atomic E-state index is 11.7. The van der Waals surface area contributed by atoms with Crippen LogP contribution < -0.4 is 0 Å². The van der Waals surface area contributed by atoms with E-state index in [-0.39, 0.29) is 0 Å². The van der Waals surface area contributed by atoms with E-state index in [1.165, 1.54) is 29.5 Å². The van der Waals surface area contributed by atoms with Crippen LogP contribution >= 0.6 is 0 Å². The highest BCUT2D eigenvalue weighted by atomic mass is 32.2. The lowest BCUT2D eigenvalue weighted by atomic mass is 9.99. The minimum atomic E-state index is -3.19. The molecule has 0 saturated carbocycles. The molecule has 28 heavy (non-hydrogen) atoms. The van der Waals surface area contributed by atoms with Crippen LogP contribution in [0.25, 0.3) is 5.69 Å². The van der Waals surface area contributed by atoms with Gasteiger partial charge in [0.2, 0.25) is 0 Å². The molecule has 144 valence electrons. The van der Waals surface area contributed by atoms with Gasteiger partial charge < -0.3 is 0 Å². The second kappa shape index (κ2) is 6.53. The second-order valence-electron chi connectivity index (χ2n) is 7.71. The lowest BCUT2D eigenvalue weighted by molar-refractivity contribution is 0.166. The van der Waals surface area contributed by atoms with Gasteiger partial charge >= 0.3 is 0 Å². The van der Waals surface area contributed by atoms with Gasteiger partial charge in [0.25, 0.3) is 0 Å². The van der Waals surface area contributed by atoms with Crippen molar-refractivity contribution in [1.82, 2.24) is 19.7 Å². The third kappa shape index (κ3) is 2.95. The summed E-state index contributed by atoms with van der Waals surface area (Å²) in [6.07, 6.45) is 10.3. The fourth-order valence-electron chi connectivity index (χ4n) is 4.58. The molecule has 0 unspecified atom stereocenters. The summed E-state index contributed by atoms with van der Waals surface area (Å²) in [5.41, 5.74) is 4.70. The summed E-state index contributed by atoms with van der Waals surface area (Å²) in [5.74, 6) is 0. The molecule has 1 aromatic carbocycles. The Hall–Kier alpha value is -2.51. The quantitative estimate of drug-likeness (QED) is 0.681. The topological polar surface area (TPSA) is 68.1 Å². The average Bonchev–Trinajstić information content (AvgIpc) is 3.22. The molecule has 0 aliphatic carbocycles. The van der Waals surface area contributed by atoms with Gasteiger partial charge in [-0.2, -0.15) is 5.10 Å². The van der Waals surface area contributed by atoms with Crippen molar-refractivity contribution in [1.29, 1.82) is 0 Å². The van der Waals surface area contributed by atoms with Gasteiger partial charge in [-0.15, -0.1) is 0 Å². The zero-order valence-corrected chi connectivity index (χ0v) is 16.5. The largest absolute Gasteiger partial charge is 0.289 e. The summed E-state index contributed by atoms with van der Waals surface area (Å²) in [6, 6.07) is 12.0. The molecule has 4 heterocycles. The first kappa shape index (κ1) is 17.6. The van der Waals surface area contributed by atoms with Crippen LogP contribution in [0.1, 0.15) is 35.7 Å². The Kier molecular flexibility index (Phi) is 4.10. The molecule has 2 bridgehead atoms. The van der Waals surface area contributed by atoms with E-state index < -0.39 is 9.84 Å². The Morgan fingerprint density at radius 2 is 1.93 bits per heavy atom. The molecule has 2 aliphatic rings. The van der Waals surface area contributed by atoms with Gasteiger partial charge in [-0.3, -0.25) is 9.88 Å². The molecule has 0 N–H and O–H groups in total. The molecule has 3 aromatic rings. The van der Waals surface area contributed by atoms with Gasteiger partial charge in [-0.05, 0) is 48.7 Å². The van der Waals surface area contributed by atoms with Gasteiger partial charge in [-0.1, -0.05) is 6.07 Å². The maximum Gasteiger partial charge on any atom is 0.175 e. The van der Waals surface area contributed by atoms with E-state index in [1.807, 2.05) is 41.5 Å². The molecule has 7 heteroatoms. The first-order valence-electron chi connectivity index (χ1n) is 9.52. The van der Waals surface area contributed by atoms with Gasteiger partial charge in [-0.25, -0.2) is 13.1 Å². The highest BCUT2D eigenvalue weighted by molar-refractivity contribution is 7.90. The highest BCUT2D eigenvalue weighted by Crippen LogP contribution is 2.44. The van der Waals surface area contributed by atoms with Crippen LogP contribution in [0.4, 0.5) is 0 Å². The smallest absolute Gasteiger partial charge is 0.175 e. The summed E-state index contributed by atoms with van der Waals surface area (Å²) >= 11 is 0. The number of fused-ring (bicyclic) bond motifs is 4. The number of benzene rings is 1.